The summed E-state index contributed by atoms with van der Waals surface area (Å²) in [4.78, 5) is 24.6. The molecule has 0 atom stereocenters. The molecule has 0 aliphatic carbocycles. The van der Waals surface area contributed by atoms with E-state index in [0.717, 1.165) is 22.4 Å². The number of anilines is 3. The predicted molar refractivity (Wildman–Crippen MR) is 119 cm³/mol. The van der Waals surface area contributed by atoms with Crippen LogP contribution >= 0.6 is 0 Å². The Bertz CT molecular complexity index is 1010. The summed E-state index contributed by atoms with van der Waals surface area (Å²) in [6.45, 7) is 6.15. The molecular formula is C24H25N3O2. The van der Waals surface area contributed by atoms with Crippen molar-refractivity contribution in [3.63, 3.8) is 0 Å². The van der Waals surface area contributed by atoms with Gasteiger partial charge in [0.2, 0.25) is 5.91 Å². The molecule has 0 aliphatic rings. The van der Waals surface area contributed by atoms with Crippen molar-refractivity contribution in [3.05, 3.63) is 89.0 Å². The Kier molecular flexibility index (Phi) is 6.29. The Labute approximate surface area is 171 Å². The number of amides is 2. The molecule has 0 saturated carbocycles. The van der Waals surface area contributed by atoms with Crippen molar-refractivity contribution in [2.24, 2.45) is 0 Å². The number of carbonyl (C=O) groups is 2. The molecule has 0 saturated heterocycles. The van der Waals surface area contributed by atoms with Gasteiger partial charge in [0.25, 0.3) is 5.91 Å². The molecule has 0 aromatic heterocycles. The van der Waals surface area contributed by atoms with Crippen molar-refractivity contribution >= 4 is 28.9 Å². The normalized spacial score (nSPS) is 10.3. The third kappa shape index (κ3) is 5.45. The maximum absolute atomic E-state index is 12.3. The van der Waals surface area contributed by atoms with Gasteiger partial charge >= 0.3 is 0 Å². The Morgan fingerprint density at radius 2 is 1.34 bits per heavy atom. The molecule has 5 nitrogen and oxygen atoms in total. The van der Waals surface area contributed by atoms with Gasteiger partial charge in [-0.1, -0.05) is 35.9 Å². The topological polar surface area (TPSA) is 70.2 Å². The van der Waals surface area contributed by atoms with Crippen molar-refractivity contribution in [2.75, 3.05) is 22.5 Å². The van der Waals surface area contributed by atoms with E-state index in [-0.39, 0.29) is 18.4 Å². The second-order valence-electron chi connectivity index (χ2n) is 7.07. The highest BCUT2D eigenvalue weighted by atomic mass is 16.2. The Balaban J connectivity index is 1.55. The Morgan fingerprint density at radius 1 is 0.759 bits per heavy atom. The van der Waals surface area contributed by atoms with Crippen LogP contribution in [0.5, 0.6) is 0 Å². The molecule has 3 N–H and O–H groups in total. The molecule has 5 heteroatoms. The second-order valence-corrected chi connectivity index (χ2v) is 7.07. The standard InChI is InChI=1S/C24H25N3O2/c1-16-6-4-9-19(14-16)24(29)27-21-12-10-20(11-13-21)26-22(28)15-25-23-17(2)7-5-8-18(23)3/h4-14,25H,15H2,1-3H3,(H,26,28)(H,27,29). The number of aryl methyl sites for hydroxylation is 3. The Hall–Kier alpha value is -3.60. The van der Waals surface area contributed by atoms with Gasteiger partial charge in [0, 0.05) is 22.6 Å². The summed E-state index contributed by atoms with van der Waals surface area (Å²) in [6, 6.07) is 20.5. The van der Waals surface area contributed by atoms with Gasteiger partial charge in [0.15, 0.2) is 0 Å². The number of benzene rings is 3. The monoisotopic (exact) mass is 387 g/mol. The van der Waals surface area contributed by atoms with E-state index in [2.05, 4.69) is 16.0 Å². The third-order valence-electron chi connectivity index (χ3n) is 4.61. The maximum atomic E-state index is 12.3. The van der Waals surface area contributed by atoms with E-state index in [1.54, 1.807) is 30.3 Å². The maximum Gasteiger partial charge on any atom is 0.255 e. The largest absolute Gasteiger partial charge is 0.376 e. The van der Waals surface area contributed by atoms with Crippen LogP contribution in [0.25, 0.3) is 0 Å². The number of para-hydroxylation sites is 1. The summed E-state index contributed by atoms with van der Waals surface area (Å²) in [5, 5.41) is 8.91. The average molecular weight is 387 g/mol. The molecule has 29 heavy (non-hydrogen) atoms. The van der Waals surface area contributed by atoms with Crippen LogP contribution in [0.3, 0.4) is 0 Å². The van der Waals surface area contributed by atoms with E-state index >= 15 is 0 Å². The van der Waals surface area contributed by atoms with Crippen LogP contribution in [-0.2, 0) is 4.79 Å². The summed E-state index contributed by atoms with van der Waals surface area (Å²) in [7, 11) is 0. The molecule has 0 radical (unpaired) electrons. The quantitative estimate of drug-likeness (QED) is 0.562. The van der Waals surface area contributed by atoms with Gasteiger partial charge in [0.05, 0.1) is 6.54 Å². The van der Waals surface area contributed by atoms with E-state index < -0.39 is 0 Å². The molecule has 0 fully saturated rings. The number of carbonyl (C=O) groups excluding carboxylic acids is 2. The molecule has 3 rings (SSSR count). The highest BCUT2D eigenvalue weighted by Crippen LogP contribution is 2.19. The van der Waals surface area contributed by atoms with Gasteiger partial charge in [-0.25, -0.2) is 0 Å². The number of nitrogens with one attached hydrogen (secondary N) is 3. The van der Waals surface area contributed by atoms with E-state index in [9.17, 15) is 9.59 Å². The average Bonchev–Trinajstić information content (AvgIpc) is 2.69. The highest BCUT2D eigenvalue weighted by Gasteiger charge is 2.08. The van der Waals surface area contributed by atoms with Crippen molar-refractivity contribution in [2.45, 2.75) is 20.8 Å². The lowest BCUT2D eigenvalue weighted by Gasteiger charge is -2.13. The minimum Gasteiger partial charge on any atom is -0.376 e. The predicted octanol–water partition coefficient (Wildman–Crippen LogP) is 4.91. The van der Waals surface area contributed by atoms with E-state index in [4.69, 9.17) is 0 Å². The van der Waals surface area contributed by atoms with E-state index in [1.165, 1.54) is 0 Å². The van der Waals surface area contributed by atoms with Crippen molar-refractivity contribution in [1.29, 1.82) is 0 Å². The minimum absolute atomic E-state index is 0.135. The molecule has 0 bridgehead atoms. The van der Waals surface area contributed by atoms with Gasteiger partial charge in [-0.2, -0.15) is 0 Å². The molecule has 3 aromatic rings. The smallest absolute Gasteiger partial charge is 0.255 e. The van der Waals surface area contributed by atoms with Gasteiger partial charge in [-0.05, 0) is 68.3 Å². The minimum atomic E-state index is -0.164. The summed E-state index contributed by atoms with van der Waals surface area (Å²) in [5.74, 6) is -0.299. The van der Waals surface area contributed by atoms with Crippen molar-refractivity contribution in [3.8, 4) is 0 Å². The van der Waals surface area contributed by atoms with E-state index in [1.807, 2.05) is 57.2 Å². The zero-order valence-electron chi connectivity index (χ0n) is 16.9. The summed E-state index contributed by atoms with van der Waals surface area (Å²) < 4.78 is 0. The van der Waals surface area contributed by atoms with E-state index in [0.29, 0.717) is 16.9 Å². The van der Waals surface area contributed by atoms with Crippen LogP contribution in [0.15, 0.2) is 66.7 Å². The third-order valence-corrected chi connectivity index (χ3v) is 4.61. The first-order valence-corrected chi connectivity index (χ1v) is 9.50. The summed E-state index contributed by atoms with van der Waals surface area (Å²) >= 11 is 0. The van der Waals surface area contributed by atoms with Gasteiger partial charge in [-0.3, -0.25) is 9.59 Å². The van der Waals surface area contributed by atoms with Crippen LogP contribution in [0.1, 0.15) is 27.0 Å². The van der Waals surface area contributed by atoms with Crippen LogP contribution < -0.4 is 16.0 Å². The molecule has 0 unspecified atom stereocenters. The first-order valence-electron chi connectivity index (χ1n) is 9.50. The summed E-state index contributed by atoms with van der Waals surface area (Å²) in [5.41, 5.74) is 6.18. The highest BCUT2D eigenvalue weighted by molar-refractivity contribution is 6.04. The lowest BCUT2D eigenvalue weighted by Crippen LogP contribution is -2.22. The molecule has 0 spiro atoms. The van der Waals surface area contributed by atoms with Gasteiger partial charge < -0.3 is 16.0 Å². The Morgan fingerprint density at radius 3 is 1.97 bits per heavy atom. The fraction of sp³-hybridized carbons (Fsp3) is 0.167. The molecule has 148 valence electrons. The van der Waals surface area contributed by atoms with Gasteiger partial charge in [-0.15, -0.1) is 0 Å². The molecule has 3 aromatic carbocycles. The van der Waals surface area contributed by atoms with Crippen LogP contribution in [0.4, 0.5) is 17.1 Å². The fourth-order valence-corrected chi connectivity index (χ4v) is 3.09. The first kappa shape index (κ1) is 20.1. The van der Waals surface area contributed by atoms with Crippen molar-refractivity contribution in [1.82, 2.24) is 0 Å². The number of rotatable bonds is 6. The lowest BCUT2D eigenvalue weighted by atomic mass is 10.1. The SMILES string of the molecule is Cc1cccc(C(=O)Nc2ccc(NC(=O)CNc3c(C)cccc3C)cc2)c1. The first-order chi connectivity index (χ1) is 13.9. The van der Waals surface area contributed by atoms with Crippen molar-refractivity contribution < 1.29 is 9.59 Å². The molecule has 2 amide bonds. The zero-order chi connectivity index (χ0) is 20.8. The molecular weight excluding hydrogens is 362 g/mol. The number of hydrogen-bond donors (Lipinski definition) is 3. The molecule has 0 aliphatic heterocycles. The number of hydrogen-bond acceptors (Lipinski definition) is 3. The van der Waals surface area contributed by atoms with Gasteiger partial charge in [0.1, 0.15) is 0 Å². The van der Waals surface area contributed by atoms with Crippen LogP contribution in [0.2, 0.25) is 0 Å². The lowest BCUT2D eigenvalue weighted by molar-refractivity contribution is -0.114. The zero-order valence-corrected chi connectivity index (χ0v) is 16.9. The fourth-order valence-electron chi connectivity index (χ4n) is 3.09. The van der Waals surface area contributed by atoms with Crippen LogP contribution in [0, 0.1) is 20.8 Å². The summed E-state index contributed by atoms with van der Waals surface area (Å²) in [6.07, 6.45) is 0. The second kappa shape index (κ2) is 9.06. The van der Waals surface area contributed by atoms with Crippen LogP contribution in [-0.4, -0.2) is 18.4 Å². The molecule has 0 heterocycles.